The maximum atomic E-state index is 13.3. The zero-order valence-electron chi connectivity index (χ0n) is 16.5. The normalized spacial score (nSPS) is 17.3. The maximum absolute atomic E-state index is 13.3. The molecule has 1 atom stereocenters. The van der Waals surface area contributed by atoms with Crippen LogP contribution in [0, 0.1) is 0 Å². The van der Waals surface area contributed by atoms with Crippen molar-refractivity contribution in [2.24, 2.45) is 0 Å². The Bertz CT molecular complexity index is 1060. The van der Waals surface area contributed by atoms with Crippen molar-refractivity contribution in [1.82, 2.24) is 15.2 Å². The van der Waals surface area contributed by atoms with E-state index >= 15 is 0 Å². The zero-order valence-corrected chi connectivity index (χ0v) is 16.5. The highest BCUT2D eigenvalue weighted by molar-refractivity contribution is 5.96. The van der Waals surface area contributed by atoms with E-state index in [2.05, 4.69) is 15.6 Å². The highest BCUT2D eigenvalue weighted by atomic mass is 19.4. The number of halogens is 3. The number of anilines is 1. The summed E-state index contributed by atoms with van der Waals surface area (Å²) >= 11 is 0. The van der Waals surface area contributed by atoms with Crippen LogP contribution in [0.15, 0.2) is 48.7 Å². The predicted molar refractivity (Wildman–Crippen MR) is 111 cm³/mol. The third-order valence-electron chi connectivity index (χ3n) is 5.54. The van der Waals surface area contributed by atoms with Crippen molar-refractivity contribution in [2.45, 2.75) is 18.6 Å². The molecule has 1 unspecified atom stereocenters. The Kier molecular flexibility index (Phi) is 5.42. The quantitative estimate of drug-likeness (QED) is 0.605. The molecule has 8 heteroatoms. The van der Waals surface area contributed by atoms with Crippen LogP contribution < -0.4 is 10.6 Å². The molecule has 1 saturated heterocycles. The lowest BCUT2D eigenvalue weighted by atomic mass is 10.0. The molecule has 0 bridgehead atoms. The van der Waals surface area contributed by atoms with Crippen molar-refractivity contribution in [3.05, 3.63) is 65.4 Å². The topological polar surface area (TPSA) is 60.2 Å². The Balaban J connectivity index is 1.63. The number of fused-ring (bicyclic) bond motifs is 1. The molecule has 2 aromatic carbocycles. The van der Waals surface area contributed by atoms with Gasteiger partial charge >= 0.3 is 6.18 Å². The number of para-hydroxylation sites is 1. The maximum Gasteiger partial charge on any atom is 0.416 e. The number of aromatic amines is 1. The lowest BCUT2D eigenvalue weighted by molar-refractivity contribution is -0.137. The van der Waals surface area contributed by atoms with E-state index in [1.165, 1.54) is 13.1 Å². The SMILES string of the molecule is CNc1cc(C(=O)N2CCNCC2Cc2c[nH]c3ccccc23)cc(C(F)(F)F)c1. The highest BCUT2D eigenvalue weighted by Crippen LogP contribution is 2.32. The summed E-state index contributed by atoms with van der Waals surface area (Å²) in [4.78, 5) is 18.2. The molecule has 4 rings (SSSR count). The van der Waals surface area contributed by atoms with E-state index in [0.29, 0.717) is 26.1 Å². The van der Waals surface area contributed by atoms with Crippen LogP contribution in [0.25, 0.3) is 10.9 Å². The number of nitrogens with one attached hydrogen (secondary N) is 3. The van der Waals surface area contributed by atoms with Crippen molar-refractivity contribution < 1.29 is 18.0 Å². The van der Waals surface area contributed by atoms with Gasteiger partial charge in [-0.2, -0.15) is 13.2 Å². The third-order valence-corrected chi connectivity index (χ3v) is 5.54. The highest BCUT2D eigenvalue weighted by Gasteiger charge is 2.34. The number of carbonyl (C=O) groups excluding carboxylic acids is 1. The molecule has 158 valence electrons. The van der Waals surface area contributed by atoms with Crippen LogP contribution in [-0.2, 0) is 12.6 Å². The summed E-state index contributed by atoms with van der Waals surface area (Å²) < 4.78 is 39.9. The number of nitrogens with zero attached hydrogens (tertiary/aromatic N) is 1. The number of aromatic nitrogens is 1. The van der Waals surface area contributed by atoms with Crippen molar-refractivity contribution >= 4 is 22.5 Å². The summed E-state index contributed by atoms with van der Waals surface area (Å²) in [6, 6.07) is 11.2. The average molecular weight is 416 g/mol. The molecule has 2 heterocycles. The molecule has 1 aliphatic heterocycles. The fourth-order valence-electron chi connectivity index (χ4n) is 3.99. The first-order chi connectivity index (χ1) is 14.4. The van der Waals surface area contributed by atoms with Crippen LogP contribution in [0.2, 0.25) is 0 Å². The Morgan fingerprint density at radius 2 is 2.03 bits per heavy atom. The van der Waals surface area contributed by atoms with E-state index in [0.717, 1.165) is 28.6 Å². The van der Waals surface area contributed by atoms with Crippen LogP contribution in [0.4, 0.5) is 18.9 Å². The molecule has 0 saturated carbocycles. The smallest absolute Gasteiger partial charge is 0.388 e. The number of amides is 1. The first-order valence-electron chi connectivity index (χ1n) is 9.83. The molecule has 1 fully saturated rings. The molecular formula is C22H23F3N4O. The molecule has 0 spiro atoms. The van der Waals surface area contributed by atoms with Gasteiger partial charge in [-0.1, -0.05) is 18.2 Å². The largest absolute Gasteiger partial charge is 0.416 e. The van der Waals surface area contributed by atoms with E-state index < -0.39 is 11.7 Å². The number of carbonyl (C=O) groups is 1. The Labute approximate surface area is 172 Å². The first kappa shape index (κ1) is 20.3. The number of hydrogen-bond acceptors (Lipinski definition) is 3. The molecule has 1 aromatic heterocycles. The van der Waals surface area contributed by atoms with Crippen LogP contribution in [0.1, 0.15) is 21.5 Å². The zero-order chi connectivity index (χ0) is 21.3. The van der Waals surface area contributed by atoms with Gasteiger partial charge in [0.1, 0.15) is 0 Å². The minimum Gasteiger partial charge on any atom is -0.388 e. The van der Waals surface area contributed by atoms with Crippen molar-refractivity contribution in [1.29, 1.82) is 0 Å². The summed E-state index contributed by atoms with van der Waals surface area (Å²) in [5.41, 5.74) is 1.57. The predicted octanol–water partition coefficient (Wildman–Crippen LogP) is 3.89. The minimum absolute atomic E-state index is 0.0417. The Morgan fingerprint density at radius 1 is 1.23 bits per heavy atom. The molecule has 0 aliphatic carbocycles. The summed E-state index contributed by atoms with van der Waals surface area (Å²) in [5, 5.41) is 7.10. The summed E-state index contributed by atoms with van der Waals surface area (Å²) in [7, 11) is 1.54. The monoisotopic (exact) mass is 416 g/mol. The van der Waals surface area contributed by atoms with Gasteiger partial charge in [0.15, 0.2) is 0 Å². The van der Waals surface area contributed by atoms with Crippen LogP contribution in [0.3, 0.4) is 0 Å². The average Bonchev–Trinajstić information content (AvgIpc) is 3.15. The van der Waals surface area contributed by atoms with Gasteiger partial charge in [-0.05, 0) is 36.2 Å². The molecule has 1 amide bonds. The number of H-pyrrole nitrogens is 1. The van der Waals surface area contributed by atoms with Gasteiger partial charge < -0.3 is 20.5 Å². The van der Waals surface area contributed by atoms with Gasteiger partial charge in [-0.3, -0.25) is 4.79 Å². The fraction of sp³-hybridized carbons (Fsp3) is 0.318. The Hall–Kier alpha value is -3.00. The lowest BCUT2D eigenvalue weighted by Gasteiger charge is -2.36. The van der Waals surface area contributed by atoms with Gasteiger partial charge in [0, 0.05) is 61.1 Å². The second-order valence-corrected chi connectivity index (χ2v) is 7.47. The second kappa shape index (κ2) is 8.02. The number of alkyl halides is 3. The molecular weight excluding hydrogens is 393 g/mol. The molecule has 3 aromatic rings. The summed E-state index contributed by atoms with van der Waals surface area (Å²) in [6.45, 7) is 1.63. The second-order valence-electron chi connectivity index (χ2n) is 7.47. The van der Waals surface area contributed by atoms with E-state index in [1.54, 1.807) is 4.90 Å². The van der Waals surface area contributed by atoms with E-state index in [-0.39, 0.29) is 23.2 Å². The molecule has 1 aliphatic rings. The summed E-state index contributed by atoms with van der Waals surface area (Å²) in [6.07, 6.45) is -1.97. The van der Waals surface area contributed by atoms with Gasteiger partial charge in [0.2, 0.25) is 0 Å². The van der Waals surface area contributed by atoms with Crippen molar-refractivity contribution in [3.8, 4) is 0 Å². The molecule has 30 heavy (non-hydrogen) atoms. The van der Waals surface area contributed by atoms with Crippen LogP contribution in [0.5, 0.6) is 0 Å². The van der Waals surface area contributed by atoms with Gasteiger partial charge in [0.25, 0.3) is 5.91 Å². The van der Waals surface area contributed by atoms with Gasteiger partial charge in [-0.25, -0.2) is 0 Å². The first-order valence-corrected chi connectivity index (χ1v) is 9.83. The van der Waals surface area contributed by atoms with Gasteiger partial charge in [0.05, 0.1) is 5.56 Å². The number of rotatable bonds is 4. The molecule has 5 nitrogen and oxygen atoms in total. The van der Waals surface area contributed by atoms with Crippen LogP contribution in [-0.4, -0.2) is 48.5 Å². The van der Waals surface area contributed by atoms with E-state index in [4.69, 9.17) is 0 Å². The lowest BCUT2D eigenvalue weighted by Crippen LogP contribution is -2.54. The minimum atomic E-state index is -4.52. The number of hydrogen-bond donors (Lipinski definition) is 3. The molecule has 3 N–H and O–H groups in total. The fourth-order valence-corrected chi connectivity index (χ4v) is 3.99. The number of piperazine rings is 1. The summed E-state index contributed by atoms with van der Waals surface area (Å²) in [5.74, 6) is -0.385. The van der Waals surface area contributed by atoms with Crippen molar-refractivity contribution in [3.63, 3.8) is 0 Å². The van der Waals surface area contributed by atoms with E-state index in [9.17, 15) is 18.0 Å². The van der Waals surface area contributed by atoms with E-state index in [1.807, 2.05) is 30.5 Å². The third kappa shape index (κ3) is 4.00. The van der Waals surface area contributed by atoms with Crippen LogP contribution >= 0.6 is 0 Å². The van der Waals surface area contributed by atoms with Gasteiger partial charge in [-0.15, -0.1) is 0 Å². The molecule has 0 radical (unpaired) electrons. The Morgan fingerprint density at radius 3 is 2.80 bits per heavy atom. The standard InChI is InChI=1S/C22H23F3N4O/c1-26-17-9-14(8-16(11-17)22(23,24)25)21(30)29-7-6-27-13-18(29)10-15-12-28-20-5-3-2-4-19(15)20/h2-5,8-9,11-12,18,26-28H,6-7,10,13H2,1H3. The van der Waals surface area contributed by atoms with Crippen molar-refractivity contribution in [2.75, 3.05) is 32.0 Å². The number of benzene rings is 2.